The maximum absolute atomic E-state index is 13.3. The minimum Gasteiger partial charge on any atom is -0.490 e. The fourth-order valence-corrected chi connectivity index (χ4v) is 3.81. The fraction of sp³-hybridized carbons (Fsp3) is 0.115. The van der Waals surface area contributed by atoms with E-state index in [0.29, 0.717) is 29.4 Å². The smallest absolute Gasteiger partial charge is 0.270 e. The maximum Gasteiger partial charge on any atom is 0.270 e. The summed E-state index contributed by atoms with van der Waals surface area (Å²) in [5.74, 6) is -0.996. The first-order valence-electron chi connectivity index (χ1n) is 11.1. The second kappa shape index (κ2) is 11.0. The third-order valence-electron chi connectivity index (χ3n) is 5.31. The van der Waals surface area contributed by atoms with Gasteiger partial charge in [0.05, 0.1) is 17.2 Å². The summed E-state index contributed by atoms with van der Waals surface area (Å²) in [7, 11) is 0. The number of rotatable bonds is 8. The van der Waals surface area contributed by atoms with Gasteiger partial charge in [-0.05, 0) is 84.9 Å². The van der Waals surface area contributed by atoms with Crippen molar-refractivity contribution >= 4 is 46.6 Å². The Bertz CT molecular complexity index is 1410. The Morgan fingerprint density at radius 2 is 1.73 bits per heavy atom. The van der Waals surface area contributed by atoms with Crippen LogP contribution in [0, 0.1) is 15.9 Å². The van der Waals surface area contributed by atoms with Gasteiger partial charge in [0.25, 0.3) is 17.5 Å². The van der Waals surface area contributed by atoms with Crippen molar-refractivity contribution in [2.75, 3.05) is 11.5 Å². The highest BCUT2D eigenvalue weighted by molar-refractivity contribution is 7.80. The SMILES string of the molecule is CCOc1cc(/C=C2/C(=O)NC(=S)N(c3ccc(F)cc3)C2=O)ccc1OCc1ccc([N+](=O)[O-])cc1. The maximum atomic E-state index is 13.3. The number of ether oxygens (including phenoxy) is 2. The van der Waals surface area contributed by atoms with E-state index in [1.165, 1.54) is 42.5 Å². The number of hydrogen-bond acceptors (Lipinski definition) is 7. The van der Waals surface area contributed by atoms with Crippen molar-refractivity contribution < 1.29 is 28.4 Å². The van der Waals surface area contributed by atoms with Crippen molar-refractivity contribution in [3.8, 4) is 11.5 Å². The number of halogens is 1. The largest absolute Gasteiger partial charge is 0.490 e. The molecule has 1 aliphatic rings. The first-order valence-corrected chi connectivity index (χ1v) is 11.5. The van der Waals surface area contributed by atoms with Crippen LogP contribution in [0.4, 0.5) is 15.8 Å². The Morgan fingerprint density at radius 1 is 1.03 bits per heavy atom. The number of nitro benzene ring substituents is 1. The average Bonchev–Trinajstić information content (AvgIpc) is 2.87. The van der Waals surface area contributed by atoms with E-state index in [0.717, 1.165) is 10.5 Å². The van der Waals surface area contributed by atoms with Gasteiger partial charge in [0.2, 0.25) is 0 Å². The number of anilines is 1. The molecule has 0 atom stereocenters. The Kier molecular flexibility index (Phi) is 7.54. The van der Waals surface area contributed by atoms with Crippen LogP contribution >= 0.6 is 12.2 Å². The number of thiocarbonyl (C=S) groups is 1. The third-order valence-corrected chi connectivity index (χ3v) is 5.59. The summed E-state index contributed by atoms with van der Waals surface area (Å²) in [5.41, 5.74) is 1.35. The number of nitrogens with zero attached hydrogens (tertiary/aromatic N) is 2. The highest BCUT2D eigenvalue weighted by atomic mass is 32.1. The second-order valence-electron chi connectivity index (χ2n) is 7.79. The standard InChI is InChI=1S/C26H20FN3O6S/c1-2-35-23-14-17(5-12-22(23)36-15-16-3-8-20(9-4-16)30(33)34)13-21-24(31)28-26(37)29(25(21)32)19-10-6-18(27)7-11-19/h3-14H,2,15H2,1H3,(H,28,31,37)/b21-13-. The molecule has 3 aromatic carbocycles. The molecule has 1 aliphatic heterocycles. The second-order valence-corrected chi connectivity index (χ2v) is 8.17. The minimum atomic E-state index is -0.662. The molecule has 11 heteroatoms. The number of carbonyl (C=O) groups is 2. The lowest BCUT2D eigenvalue weighted by molar-refractivity contribution is -0.384. The topological polar surface area (TPSA) is 111 Å². The van der Waals surface area contributed by atoms with E-state index < -0.39 is 22.6 Å². The molecule has 0 saturated carbocycles. The van der Waals surface area contributed by atoms with Crippen molar-refractivity contribution in [1.29, 1.82) is 0 Å². The summed E-state index contributed by atoms with van der Waals surface area (Å²) in [4.78, 5) is 37.2. The van der Waals surface area contributed by atoms with Crippen LogP contribution in [0.3, 0.4) is 0 Å². The molecular weight excluding hydrogens is 501 g/mol. The molecule has 1 fully saturated rings. The van der Waals surface area contributed by atoms with Gasteiger partial charge in [0, 0.05) is 12.1 Å². The summed E-state index contributed by atoms with van der Waals surface area (Å²) < 4.78 is 24.9. The zero-order valence-corrected chi connectivity index (χ0v) is 20.3. The molecule has 0 aromatic heterocycles. The zero-order chi connectivity index (χ0) is 26.5. The highest BCUT2D eigenvalue weighted by Gasteiger charge is 2.34. The Balaban J connectivity index is 1.57. The van der Waals surface area contributed by atoms with E-state index >= 15 is 0 Å². The number of amides is 2. The van der Waals surface area contributed by atoms with Crippen molar-refractivity contribution in [3.63, 3.8) is 0 Å². The van der Waals surface area contributed by atoms with Crippen molar-refractivity contribution in [3.05, 3.63) is 99.4 Å². The lowest BCUT2D eigenvalue weighted by Gasteiger charge is -2.28. The van der Waals surface area contributed by atoms with E-state index in [2.05, 4.69) is 5.32 Å². The average molecular weight is 522 g/mol. The van der Waals surface area contributed by atoms with Crippen molar-refractivity contribution in [2.24, 2.45) is 0 Å². The van der Waals surface area contributed by atoms with Gasteiger partial charge in [-0.15, -0.1) is 0 Å². The van der Waals surface area contributed by atoms with Crippen LogP contribution in [0.5, 0.6) is 11.5 Å². The van der Waals surface area contributed by atoms with Crippen molar-refractivity contribution in [2.45, 2.75) is 13.5 Å². The fourth-order valence-electron chi connectivity index (χ4n) is 3.53. The number of hydrogen-bond donors (Lipinski definition) is 1. The molecule has 188 valence electrons. The highest BCUT2D eigenvalue weighted by Crippen LogP contribution is 2.31. The van der Waals surface area contributed by atoms with E-state index in [1.807, 2.05) is 0 Å². The van der Waals surface area contributed by atoms with Crippen LogP contribution in [-0.4, -0.2) is 28.5 Å². The lowest BCUT2D eigenvalue weighted by atomic mass is 10.1. The summed E-state index contributed by atoms with van der Waals surface area (Å²) in [6, 6.07) is 16.0. The number of carbonyl (C=O) groups excluding carboxylic acids is 2. The molecule has 9 nitrogen and oxygen atoms in total. The molecule has 0 spiro atoms. The van der Waals surface area contributed by atoms with E-state index in [4.69, 9.17) is 21.7 Å². The number of nitro groups is 1. The van der Waals surface area contributed by atoms with Gasteiger partial charge < -0.3 is 9.47 Å². The van der Waals surface area contributed by atoms with Crippen LogP contribution in [0.1, 0.15) is 18.1 Å². The van der Waals surface area contributed by atoms with Gasteiger partial charge in [-0.25, -0.2) is 4.39 Å². The summed E-state index contributed by atoms with van der Waals surface area (Å²) in [5, 5.41) is 13.2. The van der Waals surface area contributed by atoms with Crippen LogP contribution in [-0.2, 0) is 16.2 Å². The zero-order valence-electron chi connectivity index (χ0n) is 19.5. The molecule has 2 amide bonds. The molecule has 4 rings (SSSR count). The van der Waals surface area contributed by atoms with Gasteiger partial charge in [-0.1, -0.05) is 6.07 Å². The predicted molar refractivity (Wildman–Crippen MR) is 138 cm³/mol. The van der Waals surface area contributed by atoms with E-state index in [-0.39, 0.29) is 23.0 Å². The van der Waals surface area contributed by atoms with Gasteiger partial charge >= 0.3 is 0 Å². The summed E-state index contributed by atoms with van der Waals surface area (Å²) in [6.07, 6.45) is 1.40. The molecular formula is C26H20FN3O6S. The van der Waals surface area contributed by atoms with Gasteiger partial charge in [0.1, 0.15) is 18.0 Å². The van der Waals surface area contributed by atoms with Crippen LogP contribution in [0.15, 0.2) is 72.3 Å². The Labute approximate surface area is 216 Å². The monoisotopic (exact) mass is 521 g/mol. The van der Waals surface area contributed by atoms with Crippen LogP contribution < -0.4 is 19.7 Å². The molecule has 37 heavy (non-hydrogen) atoms. The van der Waals surface area contributed by atoms with E-state index in [9.17, 15) is 24.1 Å². The van der Waals surface area contributed by atoms with Gasteiger partial charge in [0.15, 0.2) is 16.6 Å². The van der Waals surface area contributed by atoms with Crippen molar-refractivity contribution in [1.82, 2.24) is 5.32 Å². The lowest BCUT2D eigenvalue weighted by Crippen LogP contribution is -2.54. The number of nitrogens with one attached hydrogen (secondary N) is 1. The number of benzene rings is 3. The molecule has 0 bridgehead atoms. The van der Waals surface area contributed by atoms with Gasteiger partial charge in [-0.3, -0.25) is 29.9 Å². The predicted octanol–water partition coefficient (Wildman–Crippen LogP) is 4.54. The molecule has 1 saturated heterocycles. The van der Waals surface area contributed by atoms with E-state index in [1.54, 1.807) is 37.3 Å². The first-order chi connectivity index (χ1) is 17.8. The number of non-ortho nitro benzene ring substituents is 1. The molecule has 0 unspecified atom stereocenters. The molecule has 1 N–H and O–H groups in total. The van der Waals surface area contributed by atoms with Crippen LogP contribution in [0.2, 0.25) is 0 Å². The first kappa shape index (κ1) is 25.5. The summed E-state index contributed by atoms with van der Waals surface area (Å²) in [6.45, 7) is 2.27. The van der Waals surface area contributed by atoms with Crippen LogP contribution in [0.25, 0.3) is 6.08 Å². The molecule has 0 aliphatic carbocycles. The summed E-state index contributed by atoms with van der Waals surface area (Å²) >= 11 is 5.16. The Morgan fingerprint density at radius 3 is 2.38 bits per heavy atom. The normalized spacial score (nSPS) is 14.5. The molecule has 3 aromatic rings. The third kappa shape index (κ3) is 5.78. The van der Waals surface area contributed by atoms with Gasteiger partial charge in [-0.2, -0.15) is 0 Å². The minimum absolute atomic E-state index is 0.0174. The molecule has 1 heterocycles. The molecule has 0 radical (unpaired) electrons. The Hall–Kier alpha value is -4.64. The quantitative estimate of drug-likeness (QED) is 0.152.